The van der Waals surface area contributed by atoms with Crippen LogP contribution in [0.3, 0.4) is 0 Å². The van der Waals surface area contributed by atoms with Crippen molar-refractivity contribution in [2.24, 2.45) is 0 Å². The van der Waals surface area contributed by atoms with E-state index in [1.165, 1.54) is 25.3 Å². The van der Waals surface area contributed by atoms with Crippen molar-refractivity contribution in [2.75, 3.05) is 25.6 Å². The molecule has 0 unspecified atom stereocenters. The smallest absolute Gasteiger partial charge is 0.255 e. The summed E-state index contributed by atoms with van der Waals surface area (Å²) in [5, 5.41) is 2.72. The Morgan fingerprint density at radius 2 is 1.88 bits per heavy atom. The van der Waals surface area contributed by atoms with Gasteiger partial charge in [-0.25, -0.2) is 13.1 Å². The molecule has 24 heavy (non-hydrogen) atoms. The summed E-state index contributed by atoms with van der Waals surface area (Å²) in [4.78, 5) is 12.3. The van der Waals surface area contributed by atoms with Crippen molar-refractivity contribution >= 4 is 37.5 Å². The quantitative estimate of drug-likeness (QED) is 0.684. The Kier molecular flexibility index (Phi) is 6.50. The minimum absolute atomic E-state index is 0.0297. The molecule has 0 aromatic heterocycles. The molecule has 0 fully saturated rings. The van der Waals surface area contributed by atoms with Crippen molar-refractivity contribution in [3.63, 3.8) is 0 Å². The lowest BCUT2D eigenvalue weighted by molar-refractivity contribution is 0.102. The Morgan fingerprint density at radius 1 is 1.17 bits per heavy atom. The molecular formula is C16H17BrN2O4S. The van der Waals surface area contributed by atoms with E-state index in [1.54, 1.807) is 30.3 Å². The van der Waals surface area contributed by atoms with Crippen LogP contribution in [0.2, 0.25) is 0 Å². The van der Waals surface area contributed by atoms with Crippen LogP contribution in [0.15, 0.2) is 57.9 Å². The van der Waals surface area contributed by atoms with Gasteiger partial charge in [-0.3, -0.25) is 4.79 Å². The highest BCUT2D eigenvalue weighted by Gasteiger charge is 2.16. The van der Waals surface area contributed by atoms with Crippen molar-refractivity contribution < 1.29 is 17.9 Å². The van der Waals surface area contributed by atoms with Gasteiger partial charge in [0, 0.05) is 29.4 Å². The molecule has 6 nitrogen and oxygen atoms in total. The molecule has 0 heterocycles. The maximum Gasteiger partial charge on any atom is 0.255 e. The molecule has 2 aromatic rings. The molecule has 0 aliphatic carbocycles. The Labute approximate surface area is 149 Å². The van der Waals surface area contributed by atoms with E-state index in [1.807, 2.05) is 0 Å². The molecule has 2 aromatic carbocycles. The fourth-order valence-electron chi connectivity index (χ4n) is 1.90. The summed E-state index contributed by atoms with van der Waals surface area (Å²) in [6.45, 7) is 0.428. The zero-order valence-electron chi connectivity index (χ0n) is 13.0. The van der Waals surface area contributed by atoms with Crippen LogP contribution in [0.5, 0.6) is 0 Å². The Morgan fingerprint density at radius 3 is 2.54 bits per heavy atom. The molecule has 0 saturated carbocycles. The number of nitrogens with one attached hydrogen (secondary N) is 2. The fraction of sp³-hybridized carbons (Fsp3) is 0.188. The van der Waals surface area contributed by atoms with Crippen molar-refractivity contribution in [1.82, 2.24) is 4.72 Å². The second-order valence-electron chi connectivity index (χ2n) is 4.88. The van der Waals surface area contributed by atoms with E-state index >= 15 is 0 Å². The van der Waals surface area contributed by atoms with Gasteiger partial charge in [-0.1, -0.05) is 22.0 Å². The summed E-state index contributed by atoms with van der Waals surface area (Å²) in [6, 6.07) is 13.0. The second-order valence-corrected chi connectivity index (χ2v) is 7.56. The van der Waals surface area contributed by atoms with E-state index in [0.29, 0.717) is 5.69 Å². The Hall–Kier alpha value is -1.74. The molecule has 2 rings (SSSR count). The average molecular weight is 413 g/mol. The zero-order chi connectivity index (χ0) is 17.6. The van der Waals surface area contributed by atoms with Crippen molar-refractivity contribution in [3.8, 4) is 0 Å². The molecule has 0 spiro atoms. The lowest BCUT2D eigenvalue weighted by Gasteiger charge is -2.09. The highest BCUT2D eigenvalue weighted by atomic mass is 79.9. The monoisotopic (exact) mass is 412 g/mol. The molecule has 128 valence electrons. The number of methoxy groups -OCH3 is 1. The molecule has 2 N–H and O–H groups in total. The molecule has 1 amide bonds. The van der Waals surface area contributed by atoms with Gasteiger partial charge in [0.05, 0.1) is 11.5 Å². The first kappa shape index (κ1) is 18.6. The van der Waals surface area contributed by atoms with E-state index in [4.69, 9.17) is 4.74 Å². The Bertz CT molecular complexity index is 807. The Balaban J connectivity index is 2.14. The first-order valence-electron chi connectivity index (χ1n) is 7.08. The van der Waals surface area contributed by atoms with Crippen molar-refractivity contribution in [3.05, 3.63) is 58.6 Å². The van der Waals surface area contributed by atoms with Gasteiger partial charge in [-0.15, -0.1) is 0 Å². The molecule has 0 aliphatic rings. The zero-order valence-corrected chi connectivity index (χ0v) is 15.4. The number of hydrogen-bond acceptors (Lipinski definition) is 4. The maximum absolute atomic E-state index is 12.3. The number of ether oxygens (including phenoxy) is 1. The predicted octanol–water partition coefficient (Wildman–Crippen LogP) is 2.63. The summed E-state index contributed by atoms with van der Waals surface area (Å²) in [6.07, 6.45) is 0. The standard InChI is InChI=1S/C16H17BrN2O4S/c1-23-10-9-18-24(21,22)15-4-2-3-12(11-15)16(20)19-14-7-5-13(17)6-8-14/h2-8,11,18H,9-10H2,1H3,(H,19,20). The van der Waals surface area contributed by atoms with Crippen LogP contribution in [0.1, 0.15) is 10.4 Å². The lowest BCUT2D eigenvalue weighted by atomic mass is 10.2. The number of hydrogen-bond donors (Lipinski definition) is 2. The van der Waals surface area contributed by atoms with Crippen LogP contribution in [-0.2, 0) is 14.8 Å². The summed E-state index contributed by atoms with van der Waals surface area (Å²) < 4.78 is 32.5. The first-order valence-corrected chi connectivity index (χ1v) is 9.35. The number of amides is 1. The number of halogens is 1. The molecule has 0 saturated heterocycles. The van der Waals surface area contributed by atoms with Gasteiger partial charge < -0.3 is 10.1 Å². The largest absolute Gasteiger partial charge is 0.383 e. The van der Waals surface area contributed by atoms with Gasteiger partial charge in [0.25, 0.3) is 5.91 Å². The summed E-state index contributed by atoms with van der Waals surface area (Å²) in [5.74, 6) is -0.383. The topological polar surface area (TPSA) is 84.5 Å². The number of sulfonamides is 1. The minimum atomic E-state index is -3.68. The summed E-state index contributed by atoms with van der Waals surface area (Å²) in [7, 11) is -2.20. The highest BCUT2D eigenvalue weighted by molar-refractivity contribution is 9.10. The molecular weight excluding hydrogens is 396 g/mol. The third kappa shape index (κ3) is 5.13. The van der Waals surface area contributed by atoms with Gasteiger partial charge in [-0.2, -0.15) is 0 Å². The number of benzene rings is 2. The van der Waals surface area contributed by atoms with Crippen LogP contribution in [-0.4, -0.2) is 34.6 Å². The average Bonchev–Trinajstić information content (AvgIpc) is 2.57. The van der Waals surface area contributed by atoms with E-state index in [0.717, 1.165) is 4.47 Å². The second kappa shape index (κ2) is 8.39. The minimum Gasteiger partial charge on any atom is -0.383 e. The molecule has 0 radical (unpaired) electrons. The number of carbonyl (C=O) groups is 1. The van der Waals surface area contributed by atoms with Gasteiger partial charge in [0.1, 0.15) is 0 Å². The van der Waals surface area contributed by atoms with Crippen LogP contribution in [0.25, 0.3) is 0 Å². The van der Waals surface area contributed by atoms with Gasteiger partial charge in [0.15, 0.2) is 0 Å². The van der Waals surface area contributed by atoms with E-state index in [2.05, 4.69) is 26.0 Å². The predicted molar refractivity (Wildman–Crippen MR) is 95.6 cm³/mol. The first-order chi connectivity index (χ1) is 11.4. The van der Waals surface area contributed by atoms with E-state index in [-0.39, 0.29) is 29.5 Å². The third-order valence-corrected chi connectivity index (χ3v) is 5.09. The molecule has 0 atom stereocenters. The summed E-state index contributed by atoms with van der Waals surface area (Å²) in [5.41, 5.74) is 0.877. The van der Waals surface area contributed by atoms with Gasteiger partial charge >= 0.3 is 0 Å². The molecule has 0 aliphatic heterocycles. The third-order valence-electron chi connectivity index (χ3n) is 3.11. The fourth-order valence-corrected chi connectivity index (χ4v) is 3.23. The van der Waals surface area contributed by atoms with Crippen molar-refractivity contribution in [1.29, 1.82) is 0 Å². The summed E-state index contributed by atoms with van der Waals surface area (Å²) >= 11 is 3.32. The van der Waals surface area contributed by atoms with E-state index in [9.17, 15) is 13.2 Å². The van der Waals surface area contributed by atoms with Crippen LogP contribution in [0, 0.1) is 0 Å². The van der Waals surface area contributed by atoms with E-state index < -0.39 is 10.0 Å². The number of rotatable bonds is 7. The van der Waals surface area contributed by atoms with Crippen LogP contribution < -0.4 is 10.0 Å². The normalized spacial score (nSPS) is 11.2. The number of carbonyl (C=O) groups excluding carboxylic acids is 1. The molecule has 8 heteroatoms. The number of anilines is 1. The van der Waals surface area contributed by atoms with Crippen LogP contribution >= 0.6 is 15.9 Å². The van der Waals surface area contributed by atoms with Crippen molar-refractivity contribution in [2.45, 2.75) is 4.90 Å². The maximum atomic E-state index is 12.3. The van der Waals surface area contributed by atoms with Crippen LogP contribution in [0.4, 0.5) is 5.69 Å². The van der Waals surface area contributed by atoms with Gasteiger partial charge in [0.2, 0.25) is 10.0 Å². The SMILES string of the molecule is COCCNS(=O)(=O)c1cccc(C(=O)Nc2ccc(Br)cc2)c1. The highest BCUT2D eigenvalue weighted by Crippen LogP contribution is 2.16. The lowest BCUT2D eigenvalue weighted by Crippen LogP contribution is -2.27. The van der Waals surface area contributed by atoms with Gasteiger partial charge in [-0.05, 0) is 42.5 Å². The molecule has 0 bridgehead atoms.